The van der Waals surface area contributed by atoms with E-state index in [0.717, 1.165) is 25.1 Å². The molecule has 1 aromatic rings. The zero-order valence-electron chi connectivity index (χ0n) is 10.5. The fourth-order valence-electron chi connectivity index (χ4n) is 2.72. The zero-order valence-corrected chi connectivity index (χ0v) is 10.5. The minimum atomic E-state index is -0.199. The van der Waals surface area contributed by atoms with Crippen molar-refractivity contribution in [3.63, 3.8) is 0 Å². The maximum atomic E-state index is 13.3. The van der Waals surface area contributed by atoms with Crippen LogP contribution in [0.25, 0.3) is 0 Å². The molecule has 2 rings (SSSR count). The molecule has 0 bridgehead atoms. The molecule has 3 heteroatoms. The van der Waals surface area contributed by atoms with Crippen LogP contribution >= 0.6 is 0 Å². The Morgan fingerprint density at radius 2 is 2.24 bits per heavy atom. The summed E-state index contributed by atoms with van der Waals surface area (Å²) in [7, 11) is 0. The normalized spacial score (nSPS) is 20.6. The summed E-state index contributed by atoms with van der Waals surface area (Å²) in [5.41, 5.74) is 7.54. The van der Waals surface area contributed by atoms with Gasteiger partial charge in [0, 0.05) is 12.6 Å². The number of benzene rings is 1. The van der Waals surface area contributed by atoms with E-state index in [1.807, 2.05) is 0 Å². The Morgan fingerprint density at radius 1 is 1.41 bits per heavy atom. The fraction of sp³-hybridized carbons (Fsp3) is 0.571. The first-order valence-electron chi connectivity index (χ1n) is 6.54. The van der Waals surface area contributed by atoms with E-state index in [1.165, 1.54) is 25.3 Å². The summed E-state index contributed by atoms with van der Waals surface area (Å²) in [5.74, 6) is -0.199. The highest BCUT2D eigenvalue weighted by Crippen LogP contribution is 2.31. The van der Waals surface area contributed by atoms with E-state index in [4.69, 9.17) is 5.73 Å². The number of hydrogen-bond donors (Lipinski definition) is 1. The van der Waals surface area contributed by atoms with Gasteiger partial charge in [0.2, 0.25) is 0 Å². The van der Waals surface area contributed by atoms with E-state index in [2.05, 4.69) is 11.8 Å². The number of rotatable bonds is 3. The van der Waals surface area contributed by atoms with E-state index < -0.39 is 0 Å². The maximum Gasteiger partial charge on any atom is 0.125 e. The van der Waals surface area contributed by atoms with Crippen LogP contribution in [0.5, 0.6) is 0 Å². The molecule has 0 amide bonds. The number of nitrogen functional groups attached to an aromatic ring is 1. The Hall–Kier alpha value is -1.25. The predicted octanol–water partition coefficient (Wildman–Crippen LogP) is 3.57. The molecule has 0 aliphatic carbocycles. The number of anilines is 2. The summed E-state index contributed by atoms with van der Waals surface area (Å²) in [4.78, 5) is 2.30. The first kappa shape index (κ1) is 12.2. The lowest BCUT2D eigenvalue weighted by Gasteiger charge is -2.38. The monoisotopic (exact) mass is 236 g/mol. The first-order valence-corrected chi connectivity index (χ1v) is 6.54. The molecule has 17 heavy (non-hydrogen) atoms. The SMILES string of the molecule is CCCC1CCCCN1c1cc(F)ccc1N. The molecule has 0 saturated carbocycles. The average molecular weight is 236 g/mol. The van der Waals surface area contributed by atoms with Crippen molar-refractivity contribution in [1.82, 2.24) is 0 Å². The fourth-order valence-corrected chi connectivity index (χ4v) is 2.72. The number of piperidine rings is 1. The van der Waals surface area contributed by atoms with Crippen molar-refractivity contribution >= 4 is 11.4 Å². The Morgan fingerprint density at radius 3 is 3.00 bits per heavy atom. The van der Waals surface area contributed by atoms with Crippen LogP contribution in [0.15, 0.2) is 18.2 Å². The number of hydrogen-bond acceptors (Lipinski definition) is 2. The van der Waals surface area contributed by atoms with E-state index >= 15 is 0 Å². The van der Waals surface area contributed by atoms with Gasteiger partial charge in [-0.25, -0.2) is 4.39 Å². The van der Waals surface area contributed by atoms with Gasteiger partial charge in [-0.3, -0.25) is 0 Å². The Bertz CT molecular complexity index is 376. The van der Waals surface area contributed by atoms with Gasteiger partial charge >= 0.3 is 0 Å². The lowest BCUT2D eigenvalue weighted by atomic mass is 9.97. The smallest absolute Gasteiger partial charge is 0.125 e. The second-order valence-electron chi connectivity index (χ2n) is 4.83. The van der Waals surface area contributed by atoms with Crippen LogP contribution in [0.1, 0.15) is 39.0 Å². The highest BCUT2D eigenvalue weighted by Gasteiger charge is 2.23. The molecule has 0 aromatic heterocycles. The van der Waals surface area contributed by atoms with Gasteiger partial charge in [-0.2, -0.15) is 0 Å². The lowest BCUT2D eigenvalue weighted by Crippen LogP contribution is -2.39. The van der Waals surface area contributed by atoms with Gasteiger partial charge in [-0.05, 0) is 43.9 Å². The molecule has 0 spiro atoms. The molecule has 1 saturated heterocycles. The maximum absolute atomic E-state index is 13.3. The highest BCUT2D eigenvalue weighted by atomic mass is 19.1. The predicted molar refractivity (Wildman–Crippen MR) is 70.7 cm³/mol. The van der Waals surface area contributed by atoms with Gasteiger partial charge in [0.25, 0.3) is 0 Å². The molecule has 1 aromatic carbocycles. The van der Waals surface area contributed by atoms with Crippen molar-refractivity contribution in [3.05, 3.63) is 24.0 Å². The van der Waals surface area contributed by atoms with E-state index in [-0.39, 0.29) is 5.82 Å². The summed E-state index contributed by atoms with van der Waals surface area (Å²) in [6.45, 7) is 3.19. The van der Waals surface area contributed by atoms with Crippen LogP contribution in [0, 0.1) is 5.82 Å². The topological polar surface area (TPSA) is 29.3 Å². The molecule has 0 radical (unpaired) electrons. The minimum absolute atomic E-state index is 0.199. The van der Waals surface area contributed by atoms with Crippen LogP contribution < -0.4 is 10.6 Å². The molecule has 2 nitrogen and oxygen atoms in total. The van der Waals surface area contributed by atoms with Gasteiger partial charge in [-0.1, -0.05) is 13.3 Å². The van der Waals surface area contributed by atoms with Crippen LogP contribution in [0.4, 0.5) is 15.8 Å². The summed E-state index contributed by atoms with van der Waals surface area (Å²) in [6, 6.07) is 5.20. The molecule has 1 aliphatic heterocycles. The molecule has 1 aliphatic rings. The van der Waals surface area contributed by atoms with E-state index in [1.54, 1.807) is 12.1 Å². The van der Waals surface area contributed by atoms with Gasteiger partial charge < -0.3 is 10.6 Å². The van der Waals surface area contributed by atoms with Crippen molar-refractivity contribution < 1.29 is 4.39 Å². The van der Waals surface area contributed by atoms with Crippen LogP contribution in [0.2, 0.25) is 0 Å². The lowest BCUT2D eigenvalue weighted by molar-refractivity contribution is 0.434. The van der Waals surface area contributed by atoms with Crippen molar-refractivity contribution in [3.8, 4) is 0 Å². The zero-order chi connectivity index (χ0) is 12.3. The minimum Gasteiger partial charge on any atom is -0.397 e. The van der Waals surface area contributed by atoms with Crippen LogP contribution in [-0.4, -0.2) is 12.6 Å². The summed E-state index contributed by atoms with van der Waals surface area (Å²) in [5, 5.41) is 0. The molecule has 1 unspecified atom stereocenters. The van der Waals surface area contributed by atoms with Crippen LogP contribution in [-0.2, 0) is 0 Å². The highest BCUT2D eigenvalue weighted by molar-refractivity contribution is 5.68. The van der Waals surface area contributed by atoms with Gasteiger partial charge in [0.05, 0.1) is 11.4 Å². The van der Waals surface area contributed by atoms with Crippen LogP contribution in [0.3, 0.4) is 0 Å². The number of nitrogens with two attached hydrogens (primary N) is 1. The Balaban J connectivity index is 2.25. The largest absolute Gasteiger partial charge is 0.397 e. The second kappa shape index (κ2) is 5.39. The number of halogens is 1. The van der Waals surface area contributed by atoms with Gasteiger partial charge in [0.15, 0.2) is 0 Å². The molecule has 2 N–H and O–H groups in total. The van der Waals surface area contributed by atoms with Crippen molar-refractivity contribution in [2.24, 2.45) is 0 Å². The number of nitrogens with zero attached hydrogens (tertiary/aromatic N) is 1. The van der Waals surface area contributed by atoms with Crippen molar-refractivity contribution in [1.29, 1.82) is 0 Å². The molecule has 1 atom stereocenters. The Kier molecular flexibility index (Phi) is 3.87. The second-order valence-corrected chi connectivity index (χ2v) is 4.83. The first-order chi connectivity index (χ1) is 8.22. The van der Waals surface area contributed by atoms with E-state index in [9.17, 15) is 4.39 Å². The molecular weight excluding hydrogens is 215 g/mol. The van der Waals surface area contributed by atoms with Gasteiger partial charge in [0.1, 0.15) is 5.82 Å². The molecule has 1 heterocycles. The molecule has 94 valence electrons. The third-order valence-electron chi connectivity index (χ3n) is 3.55. The summed E-state index contributed by atoms with van der Waals surface area (Å²) >= 11 is 0. The van der Waals surface area contributed by atoms with Gasteiger partial charge in [-0.15, -0.1) is 0 Å². The average Bonchev–Trinajstić information content (AvgIpc) is 2.34. The standard InChI is InChI=1S/C14H21FN2/c1-2-5-12-6-3-4-9-17(12)14-10-11(15)7-8-13(14)16/h7-8,10,12H,2-6,9,16H2,1H3. The summed E-state index contributed by atoms with van der Waals surface area (Å²) < 4.78 is 13.3. The molecular formula is C14H21FN2. The Labute approximate surface area is 103 Å². The summed E-state index contributed by atoms with van der Waals surface area (Å²) in [6.07, 6.45) is 5.97. The van der Waals surface area contributed by atoms with Crippen molar-refractivity contribution in [2.75, 3.05) is 17.2 Å². The third kappa shape index (κ3) is 2.71. The van der Waals surface area contributed by atoms with E-state index in [0.29, 0.717) is 11.7 Å². The quantitative estimate of drug-likeness (QED) is 0.813. The third-order valence-corrected chi connectivity index (χ3v) is 3.55. The molecule has 1 fully saturated rings. The van der Waals surface area contributed by atoms with Crippen molar-refractivity contribution in [2.45, 2.75) is 45.1 Å².